The summed E-state index contributed by atoms with van der Waals surface area (Å²) < 4.78 is 46.1. The second-order valence-corrected chi connectivity index (χ2v) is 12.0. The van der Waals surface area contributed by atoms with Crippen LogP contribution in [0.3, 0.4) is 0 Å². The van der Waals surface area contributed by atoms with Crippen molar-refractivity contribution in [2.75, 3.05) is 24.2 Å². The van der Waals surface area contributed by atoms with Crippen LogP contribution in [0.5, 0.6) is 0 Å². The molecule has 1 aromatic rings. The summed E-state index contributed by atoms with van der Waals surface area (Å²) in [5.41, 5.74) is 2.05. The van der Waals surface area contributed by atoms with E-state index in [0.29, 0.717) is 37.2 Å². The lowest BCUT2D eigenvalue weighted by Gasteiger charge is -2.25. The summed E-state index contributed by atoms with van der Waals surface area (Å²) in [6.07, 6.45) is 9.59. The van der Waals surface area contributed by atoms with E-state index in [2.05, 4.69) is 18.1 Å². The van der Waals surface area contributed by atoms with Gasteiger partial charge in [0.15, 0.2) is 0 Å². The van der Waals surface area contributed by atoms with E-state index in [1.54, 1.807) is 0 Å². The number of nitrogens with zero attached hydrogens (tertiary/aromatic N) is 1. The number of aliphatic hydroxyl groups excluding tert-OH is 1. The third kappa shape index (κ3) is 8.71. The Hall–Kier alpha value is -2.23. The van der Waals surface area contributed by atoms with Gasteiger partial charge in [0.1, 0.15) is 11.9 Å². The van der Waals surface area contributed by atoms with Gasteiger partial charge in [0, 0.05) is 30.7 Å². The number of cyclic esters (lactones) is 1. The van der Waals surface area contributed by atoms with Gasteiger partial charge in [0.25, 0.3) is 0 Å². The molecule has 36 heavy (non-hydrogen) atoms. The van der Waals surface area contributed by atoms with Gasteiger partial charge in [-0.3, -0.25) is 4.79 Å². The number of hydrogen-bond donors (Lipinski definition) is 2. The molecule has 2 N–H and O–H groups in total. The van der Waals surface area contributed by atoms with Crippen molar-refractivity contribution < 1.29 is 27.4 Å². The van der Waals surface area contributed by atoms with Gasteiger partial charge >= 0.3 is 5.97 Å². The number of ether oxygens (including phenoxy) is 1. The molecule has 2 aliphatic rings. The van der Waals surface area contributed by atoms with E-state index in [0.717, 1.165) is 18.2 Å². The van der Waals surface area contributed by atoms with Crippen molar-refractivity contribution in [2.45, 2.75) is 64.7 Å². The van der Waals surface area contributed by atoms with Crippen LogP contribution < -0.4 is 9.62 Å². The van der Waals surface area contributed by atoms with Crippen LogP contribution in [0.15, 0.2) is 35.9 Å². The van der Waals surface area contributed by atoms with Gasteiger partial charge in [-0.15, -0.1) is 0 Å². The molecule has 1 fully saturated rings. The van der Waals surface area contributed by atoms with Crippen LogP contribution in [0.1, 0.15) is 52.0 Å². The standard InChI is InChI=1S/C27H38FN2O5S/c1-18-6-5-7-19(2)27(35-26(32)16-25(31)9-8-18)20(3)12-21-13-22(28)15-24(14-21)30-11-10-23(17-30)29-36(4,33)34/h5-7,12-15,18-19,23,25,27,29,31H,8-11,16-17H2,1-4H3/b7-5+,20-12+/t18-,19-,23-,25+,27-/m0/s1. The Morgan fingerprint density at radius 1 is 1.22 bits per heavy atom. The minimum atomic E-state index is -3.31. The lowest BCUT2D eigenvalue weighted by atomic mass is 9.93. The molecule has 0 aromatic heterocycles. The van der Waals surface area contributed by atoms with E-state index in [-0.39, 0.29) is 24.3 Å². The highest BCUT2D eigenvalue weighted by Gasteiger charge is 2.27. The molecule has 2 aliphatic heterocycles. The van der Waals surface area contributed by atoms with Crippen molar-refractivity contribution >= 4 is 27.8 Å². The Balaban J connectivity index is 1.82. The van der Waals surface area contributed by atoms with Crippen LogP contribution in [0, 0.1) is 24.1 Å². The predicted molar refractivity (Wildman–Crippen MR) is 140 cm³/mol. The zero-order valence-electron chi connectivity index (χ0n) is 21.5. The molecule has 5 atom stereocenters. The highest BCUT2D eigenvalue weighted by Crippen LogP contribution is 2.27. The average molecular weight is 522 g/mol. The molecule has 0 saturated carbocycles. The van der Waals surface area contributed by atoms with Gasteiger partial charge in [-0.25, -0.2) is 17.5 Å². The summed E-state index contributed by atoms with van der Waals surface area (Å²) in [6, 6.07) is 4.50. The number of benzene rings is 1. The molecule has 0 spiro atoms. The SMILES string of the molecule is C/C(=C\c1cc(F)cc(N2CC[C@H](NS(C)(=O)=O)C2)c1)[C@H]1OC(=O)C[C@H](O)CC[C@@H](C)[CH]/C=C/[C@@H]1C. The molecule has 7 nitrogen and oxygen atoms in total. The summed E-state index contributed by atoms with van der Waals surface area (Å²) in [6.45, 7) is 6.96. The summed E-state index contributed by atoms with van der Waals surface area (Å²) in [5, 5.41) is 10.2. The maximum atomic E-state index is 14.6. The largest absolute Gasteiger partial charge is 0.457 e. The molecule has 199 valence electrons. The molecular formula is C27H38FN2O5S. The summed E-state index contributed by atoms with van der Waals surface area (Å²) in [5.74, 6) is -0.697. The van der Waals surface area contributed by atoms with Crippen molar-refractivity contribution in [2.24, 2.45) is 11.8 Å². The van der Waals surface area contributed by atoms with Crippen LogP contribution in [0.4, 0.5) is 10.1 Å². The fraction of sp³-hybridized carbons (Fsp3) is 0.556. The molecule has 1 radical (unpaired) electrons. The molecule has 2 heterocycles. The monoisotopic (exact) mass is 521 g/mol. The van der Waals surface area contributed by atoms with E-state index in [1.165, 1.54) is 12.1 Å². The van der Waals surface area contributed by atoms with Crippen LogP contribution in [0.2, 0.25) is 0 Å². The fourth-order valence-corrected chi connectivity index (χ4v) is 5.58. The van der Waals surface area contributed by atoms with Gasteiger partial charge in [0.05, 0.1) is 18.8 Å². The molecule has 3 rings (SSSR count). The van der Waals surface area contributed by atoms with Crippen molar-refractivity contribution in [3.63, 3.8) is 0 Å². The van der Waals surface area contributed by atoms with Crippen molar-refractivity contribution in [3.8, 4) is 0 Å². The molecule has 1 saturated heterocycles. The second kappa shape index (κ2) is 12.3. The number of sulfonamides is 1. The molecule has 0 aliphatic carbocycles. The number of allylic oxidation sites excluding steroid dienone is 1. The third-order valence-corrected chi connectivity index (χ3v) is 7.39. The lowest BCUT2D eigenvalue weighted by Crippen LogP contribution is -2.36. The van der Waals surface area contributed by atoms with Crippen molar-refractivity contribution in [1.82, 2.24) is 4.72 Å². The lowest BCUT2D eigenvalue weighted by molar-refractivity contribution is -0.151. The Labute approximate surface area is 214 Å². The number of rotatable bonds is 5. The highest BCUT2D eigenvalue weighted by atomic mass is 32.2. The summed E-state index contributed by atoms with van der Waals surface area (Å²) in [4.78, 5) is 14.5. The van der Waals surface area contributed by atoms with Crippen LogP contribution >= 0.6 is 0 Å². The number of aliphatic hydroxyl groups is 1. The van der Waals surface area contributed by atoms with E-state index >= 15 is 0 Å². The van der Waals surface area contributed by atoms with E-state index in [1.807, 2.05) is 43.0 Å². The zero-order chi connectivity index (χ0) is 26.5. The van der Waals surface area contributed by atoms with E-state index < -0.39 is 34.0 Å². The first-order chi connectivity index (χ1) is 16.9. The molecule has 0 unspecified atom stereocenters. The Morgan fingerprint density at radius 2 is 1.97 bits per heavy atom. The van der Waals surface area contributed by atoms with Crippen molar-refractivity contribution in [3.05, 3.63) is 53.7 Å². The number of hydrogen-bond acceptors (Lipinski definition) is 6. The fourth-order valence-electron chi connectivity index (χ4n) is 4.78. The zero-order valence-corrected chi connectivity index (χ0v) is 22.3. The van der Waals surface area contributed by atoms with Gasteiger partial charge in [-0.2, -0.15) is 0 Å². The molecule has 0 amide bonds. The first kappa shape index (κ1) is 28.3. The van der Waals surface area contributed by atoms with Gasteiger partial charge in [0.2, 0.25) is 10.0 Å². The minimum absolute atomic E-state index is 0.0608. The number of esters is 1. The minimum Gasteiger partial charge on any atom is -0.457 e. The topological polar surface area (TPSA) is 95.9 Å². The summed E-state index contributed by atoms with van der Waals surface area (Å²) >= 11 is 0. The third-order valence-electron chi connectivity index (χ3n) is 6.63. The number of carbonyl (C=O) groups excluding carboxylic acids is 1. The van der Waals surface area contributed by atoms with Gasteiger partial charge in [-0.05, 0) is 67.9 Å². The van der Waals surface area contributed by atoms with Gasteiger partial charge < -0.3 is 14.7 Å². The number of carbonyl (C=O) groups is 1. The van der Waals surface area contributed by atoms with Crippen molar-refractivity contribution in [1.29, 1.82) is 0 Å². The molecule has 1 aromatic carbocycles. The van der Waals surface area contributed by atoms with Crippen LogP contribution in [0.25, 0.3) is 6.08 Å². The van der Waals surface area contributed by atoms with Crippen LogP contribution in [-0.4, -0.2) is 57.1 Å². The van der Waals surface area contributed by atoms with Gasteiger partial charge in [-0.1, -0.05) is 32.1 Å². The Bertz CT molecular complexity index is 1090. The van der Waals surface area contributed by atoms with Crippen LogP contribution in [-0.2, 0) is 19.6 Å². The maximum absolute atomic E-state index is 14.6. The molecule has 0 bridgehead atoms. The number of anilines is 1. The Kier molecular flexibility index (Phi) is 9.72. The number of halogens is 1. The first-order valence-electron chi connectivity index (χ1n) is 12.5. The van der Waals surface area contributed by atoms with E-state index in [9.17, 15) is 22.7 Å². The van der Waals surface area contributed by atoms with E-state index in [4.69, 9.17) is 4.74 Å². The molecule has 9 heteroatoms. The normalized spacial score (nSPS) is 29.8. The quantitative estimate of drug-likeness (QED) is 0.572. The average Bonchev–Trinajstić information content (AvgIpc) is 3.21. The maximum Gasteiger partial charge on any atom is 0.309 e. The smallest absolute Gasteiger partial charge is 0.309 e. The number of nitrogens with one attached hydrogen (secondary N) is 1. The predicted octanol–water partition coefficient (Wildman–Crippen LogP) is 3.85. The first-order valence-corrected chi connectivity index (χ1v) is 14.4. The molecular weight excluding hydrogens is 483 g/mol. The Morgan fingerprint density at radius 3 is 2.69 bits per heavy atom. The summed E-state index contributed by atoms with van der Waals surface area (Å²) in [7, 11) is -3.31. The second-order valence-electron chi connectivity index (χ2n) is 10.2. The highest BCUT2D eigenvalue weighted by molar-refractivity contribution is 7.88.